The van der Waals surface area contributed by atoms with Gasteiger partial charge in [0.25, 0.3) is 0 Å². The summed E-state index contributed by atoms with van der Waals surface area (Å²) < 4.78 is 12.2. The lowest BCUT2D eigenvalue weighted by Gasteiger charge is -2.15. The molecule has 0 fully saturated rings. The number of aliphatic hydroxyl groups excluding tert-OH is 1. The Morgan fingerprint density at radius 1 is 1.30 bits per heavy atom. The molecule has 0 radical (unpaired) electrons. The average Bonchev–Trinajstić information content (AvgIpc) is 2.81. The summed E-state index contributed by atoms with van der Waals surface area (Å²) in [6.07, 6.45) is 0.944. The number of hydrogen-bond donors (Lipinski definition) is 1. The maximum absolute atomic E-state index is 10.4. The maximum Gasteiger partial charge on any atom is 0.175 e. The molecule has 106 valence electrons. The normalized spacial score (nSPS) is 15.7. The van der Waals surface area contributed by atoms with Crippen LogP contribution < -0.4 is 9.47 Å². The molecule has 0 spiro atoms. The van der Waals surface area contributed by atoms with Crippen LogP contribution in [0.3, 0.4) is 0 Å². The molecule has 1 aliphatic rings. The molecule has 3 nitrogen and oxygen atoms in total. The van der Waals surface area contributed by atoms with Crippen LogP contribution in [-0.4, -0.2) is 18.3 Å². The van der Waals surface area contributed by atoms with E-state index in [1.165, 1.54) is 4.88 Å². The number of aliphatic hydroxyl groups is 1. The average molecular weight is 355 g/mol. The van der Waals surface area contributed by atoms with Crippen molar-refractivity contribution in [2.24, 2.45) is 0 Å². The Kier molecular flexibility index (Phi) is 4.29. The standard InChI is InChI=1S/C15H15BrO3S/c16-12-7-10(13(17)9-11-3-1-6-20-11)8-14-15(12)19-5-2-4-18-14/h1,3,6-8,13,17H,2,4-5,9H2. The van der Waals surface area contributed by atoms with Crippen LogP contribution in [0.5, 0.6) is 11.5 Å². The number of rotatable bonds is 3. The molecule has 20 heavy (non-hydrogen) atoms. The Morgan fingerprint density at radius 3 is 2.95 bits per heavy atom. The third kappa shape index (κ3) is 3.00. The first kappa shape index (κ1) is 13.9. The predicted molar refractivity (Wildman–Crippen MR) is 82.7 cm³/mol. The summed E-state index contributed by atoms with van der Waals surface area (Å²) in [6, 6.07) is 7.82. The maximum atomic E-state index is 10.4. The fourth-order valence-corrected chi connectivity index (χ4v) is 3.50. The van der Waals surface area contributed by atoms with Crippen LogP contribution in [0.1, 0.15) is 23.0 Å². The molecule has 3 rings (SSSR count). The SMILES string of the molecule is OC(Cc1cccs1)c1cc(Br)c2c(c1)OCCCO2. The van der Waals surface area contributed by atoms with Crippen LogP contribution in [0.15, 0.2) is 34.1 Å². The monoisotopic (exact) mass is 354 g/mol. The number of fused-ring (bicyclic) bond motifs is 1. The summed E-state index contributed by atoms with van der Waals surface area (Å²) in [5.74, 6) is 1.44. The lowest BCUT2D eigenvalue weighted by molar-refractivity contribution is 0.178. The van der Waals surface area contributed by atoms with E-state index in [0.717, 1.165) is 22.2 Å². The third-order valence-electron chi connectivity index (χ3n) is 3.18. The molecule has 2 heterocycles. The summed E-state index contributed by atoms with van der Waals surface area (Å²) in [5, 5.41) is 12.4. The minimum Gasteiger partial charge on any atom is -0.490 e. The molecule has 0 amide bonds. The summed E-state index contributed by atoms with van der Waals surface area (Å²) >= 11 is 5.15. The van der Waals surface area contributed by atoms with E-state index in [-0.39, 0.29) is 0 Å². The molecule has 5 heteroatoms. The van der Waals surface area contributed by atoms with Gasteiger partial charge in [-0.1, -0.05) is 6.07 Å². The van der Waals surface area contributed by atoms with Crippen molar-refractivity contribution in [1.82, 2.24) is 0 Å². The van der Waals surface area contributed by atoms with E-state index in [1.54, 1.807) is 11.3 Å². The highest BCUT2D eigenvalue weighted by Crippen LogP contribution is 2.40. The van der Waals surface area contributed by atoms with E-state index < -0.39 is 6.10 Å². The second-order valence-electron chi connectivity index (χ2n) is 4.68. The molecule has 1 aliphatic heterocycles. The minimum atomic E-state index is -0.540. The molecule has 0 saturated carbocycles. The fourth-order valence-electron chi connectivity index (χ4n) is 2.18. The van der Waals surface area contributed by atoms with Crippen molar-refractivity contribution in [3.05, 3.63) is 44.6 Å². The largest absolute Gasteiger partial charge is 0.490 e. The van der Waals surface area contributed by atoms with E-state index in [9.17, 15) is 5.11 Å². The van der Waals surface area contributed by atoms with Crippen LogP contribution in [0.2, 0.25) is 0 Å². The van der Waals surface area contributed by atoms with Crippen molar-refractivity contribution >= 4 is 27.3 Å². The molecule has 2 aromatic rings. The van der Waals surface area contributed by atoms with Gasteiger partial charge in [-0.05, 0) is 45.1 Å². The second-order valence-corrected chi connectivity index (χ2v) is 6.57. The van der Waals surface area contributed by atoms with E-state index in [2.05, 4.69) is 15.9 Å². The number of hydrogen-bond acceptors (Lipinski definition) is 4. The molecule has 1 unspecified atom stereocenters. The number of thiophene rings is 1. The number of benzene rings is 1. The van der Waals surface area contributed by atoms with Gasteiger partial charge in [-0.25, -0.2) is 0 Å². The molecular formula is C15H15BrO3S. The smallest absolute Gasteiger partial charge is 0.175 e. The minimum absolute atomic E-state index is 0.540. The van der Waals surface area contributed by atoms with E-state index in [4.69, 9.17) is 9.47 Å². The Hall–Kier alpha value is -1.04. The Bertz CT molecular complexity index is 583. The van der Waals surface area contributed by atoms with E-state index in [0.29, 0.717) is 25.4 Å². The molecule has 0 bridgehead atoms. The molecule has 0 aliphatic carbocycles. The summed E-state index contributed by atoms with van der Waals surface area (Å²) in [5.41, 5.74) is 0.842. The van der Waals surface area contributed by atoms with Crippen molar-refractivity contribution in [2.75, 3.05) is 13.2 Å². The van der Waals surface area contributed by atoms with Crippen LogP contribution in [0.4, 0.5) is 0 Å². The molecular weight excluding hydrogens is 340 g/mol. The van der Waals surface area contributed by atoms with Crippen molar-refractivity contribution in [3.63, 3.8) is 0 Å². The molecule has 1 aromatic carbocycles. The second kappa shape index (κ2) is 6.16. The summed E-state index contributed by atoms with van der Waals surface area (Å²) in [6.45, 7) is 1.30. The Morgan fingerprint density at radius 2 is 2.15 bits per heavy atom. The van der Waals surface area contributed by atoms with Crippen LogP contribution in [0.25, 0.3) is 0 Å². The lowest BCUT2D eigenvalue weighted by atomic mass is 10.1. The molecule has 1 atom stereocenters. The molecule has 1 aromatic heterocycles. The topological polar surface area (TPSA) is 38.7 Å². The summed E-state index contributed by atoms with van der Waals surface area (Å²) in [4.78, 5) is 1.17. The van der Waals surface area contributed by atoms with Gasteiger partial charge in [0, 0.05) is 17.7 Å². The summed E-state index contributed by atoms with van der Waals surface area (Å²) in [7, 11) is 0. The van der Waals surface area contributed by atoms with Gasteiger partial charge in [-0.15, -0.1) is 11.3 Å². The zero-order valence-corrected chi connectivity index (χ0v) is 13.2. The van der Waals surface area contributed by atoms with Crippen LogP contribution in [-0.2, 0) is 6.42 Å². The van der Waals surface area contributed by atoms with Gasteiger partial charge in [0.2, 0.25) is 0 Å². The van der Waals surface area contributed by atoms with Gasteiger partial charge >= 0.3 is 0 Å². The zero-order chi connectivity index (χ0) is 13.9. The predicted octanol–water partition coefficient (Wildman–Crippen LogP) is 3.95. The van der Waals surface area contributed by atoms with Crippen molar-refractivity contribution in [2.45, 2.75) is 18.9 Å². The first-order valence-corrected chi connectivity index (χ1v) is 8.21. The van der Waals surface area contributed by atoms with Gasteiger partial charge in [-0.2, -0.15) is 0 Å². The zero-order valence-electron chi connectivity index (χ0n) is 10.8. The van der Waals surface area contributed by atoms with Crippen molar-refractivity contribution in [1.29, 1.82) is 0 Å². The van der Waals surface area contributed by atoms with E-state index >= 15 is 0 Å². The first-order valence-electron chi connectivity index (χ1n) is 6.53. The highest BCUT2D eigenvalue weighted by Gasteiger charge is 2.18. The molecule has 1 N–H and O–H groups in total. The van der Waals surface area contributed by atoms with E-state index in [1.807, 2.05) is 29.6 Å². The number of ether oxygens (including phenoxy) is 2. The van der Waals surface area contributed by atoms with Crippen molar-refractivity contribution < 1.29 is 14.6 Å². The fraction of sp³-hybridized carbons (Fsp3) is 0.333. The van der Waals surface area contributed by atoms with Crippen LogP contribution >= 0.6 is 27.3 Å². The van der Waals surface area contributed by atoms with Crippen molar-refractivity contribution in [3.8, 4) is 11.5 Å². The Balaban J connectivity index is 1.86. The van der Waals surface area contributed by atoms with Crippen LogP contribution in [0, 0.1) is 0 Å². The van der Waals surface area contributed by atoms with Gasteiger partial charge in [-0.3, -0.25) is 0 Å². The highest BCUT2D eigenvalue weighted by molar-refractivity contribution is 9.10. The highest BCUT2D eigenvalue weighted by atomic mass is 79.9. The quantitative estimate of drug-likeness (QED) is 0.906. The lowest BCUT2D eigenvalue weighted by Crippen LogP contribution is -2.02. The third-order valence-corrected chi connectivity index (χ3v) is 4.67. The van der Waals surface area contributed by atoms with Gasteiger partial charge < -0.3 is 14.6 Å². The van der Waals surface area contributed by atoms with Gasteiger partial charge in [0.15, 0.2) is 11.5 Å². The van der Waals surface area contributed by atoms with Gasteiger partial charge in [0.1, 0.15) is 0 Å². The van der Waals surface area contributed by atoms with Gasteiger partial charge in [0.05, 0.1) is 23.8 Å². The Labute approximate surface area is 130 Å². The molecule has 0 saturated heterocycles. The number of halogens is 1. The first-order chi connectivity index (χ1) is 9.74.